The third kappa shape index (κ3) is 5.69. The first-order valence-electron chi connectivity index (χ1n) is 11.6. The molecule has 11 nitrogen and oxygen atoms in total. The number of aromatic nitrogens is 2. The molecule has 1 saturated heterocycles. The number of sulfonamides is 1. The number of hydrogen-bond acceptors (Lipinski definition) is 8. The number of carbonyl (C=O) groups is 2. The lowest BCUT2D eigenvalue weighted by atomic mass is 10.3. The molecule has 1 fully saturated rings. The van der Waals surface area contributed by atoms with E-state index in [1.54, 1.807) is 49.0 Å². The molecule has 0 spiro atoms. The van der Waals surface area contributed by atoms with Crippen molar-refractivity contribution in [1.29, 1.82) is 0 Å². The zero-order valence-electron chi connectivity index (χ0n) is 20.7. The quantitative estimate of drug-likeness (QED) is 0.424. The summed E-state index contributed by atoms with van der Waals surface area (Å²) >= 11 is 0.987. The molecule has 13 heteroatoms. The summed E-state index contributed by atoms with van der Waals surface area (Å²) in [6.07, 6.45) is -1.36. The van der Waals surface area contributed by atoms with Crippen molar-refractivity contribution < 1.29 is 27.5 Å². The van der Waals surface area contributed by atoms with Gasteiger partial charge in [-0.3, -0.25) is 19.1 Å². The molecule has 0 saturated carbocycles. The van der Waals surface area contributed by atoms with Crippen LogP contribution in [0.2, 0.25) is 0 Å². The molecule has 4 rings (SSSR count). The molecule has 0 aliphatic carbocycles. The minimum absolute atomic E-state index is 0.0930. The SMILES string of the molecule is Cc1c(NC(=O)C(C)OC(=O)Cc2ccc(S(=O)(=O)N3CCOCC3)s2)c(=O)n(-c2ccccc2)n1C. The lowest BCUT2D eigenvalue weighted by molar-refractivity contribution is -0.152. The second-order valence-electron chi connectivity index (χ2n) is 8.47. The van der Waals surface area contributed by atoms with Gasteiger partial charge in [0.2, 0.25) is 0 Å². The minimum Gasteiger partial charge on any atom is -0.452 e. The van der Waals surface area contributed by atoms with E-state index in [4.69, 9.17) is 9.47 Å². The number of esters is 1. The summed E-state index contributed by atoms with van der Waals surface area (Å²) in [5.41, 5.74) is 0.860. The number of nitrogens with one attached hydrogen (secondary N) is 1. The number of rotatable bonds is 8. The maximum absolute atomic E-state index is 13.0. The van der Waals surface area contributed by atoms with Crippen LogP contribution in [-0.2, 0) is 42.6 Å². The zero-order valence-corrected chi connectivity index (χ0v) is 22.3. The van der Waals surface area contributed by atoms with E-state index in [1.807, 2.05) is 6.07 Å². The summed E-state index contributed by atoms with van der Waals surface area (Å²) < 4.78 is 40.6. The van der Waals surface area contributed by atoms with Crippen LogP contribution in [0.4, 0.5) is 5.69 Å². The average molecular weight is 549 g/mol. The van der Waals surface area contributed by atoms with Crippen molar-refractivity contribution in [3.63, 3.8) is 0 Å². The number of ether oxygens (including phenoxy) is 2. The molecule has 3 aromatic rings. The standard InChI is InChI=1S/C24H28N4O7S2/c1-16-22(24(31)28(26(16)3)18-7-5-4-6-8-18)25-23(30)17(2)35-20(29)15-19-9-10-21(36-19)37(32,33)27-11-13-34-14-12-27/h4-10,17H,11-15H2,1-3H3,(H,25,30). The smallest absolute Gasteiger partial charge is 0.311 e. The van der Waals surface area contributed by atoms with Gasteiger partial charge >= 0.3 is 5.97 Å². The number of nitrogens with zero attached hydrogens (tertiary/aromatic N) is 3. The van der Waals surface area contributed by atoms with Crippen molar-refractivity contribution in [2.24, 2.45) is 7.05 Å². The van der Waals surface area contributed by atoms with Crippen LogP contribution >= 0.6 is 11.3 Å². The Morgan fingerprint density at radius 1 is 1.14 bits per heavy atom. The number of benzene rings is 1. The molecule has 0 bridgehead atoms. The molecule has 1 N–H and O–H groups in total. The van der Waals surface area contributed by atoms with E-state index in [1.165, 1.54) is 22.0 Å². The number of anilines is 1. The Balaban J connectivity index is 1.39. The van der Waals surface area contributed by atoms with Crippen molar-refractivity contribution in [1.82, 2.24) is 13.7 Å². The fraction of sp³-hybridized carbons (Fsp3) is 0.375. The van der Waals surface area contributed by atoms with E-state index >= 15 is 0 Å². The minimum atomic E-state index is -3.66. The van der Waals surface area contributed by atoms with Gasteiger partial charge in [-0.05, 0) is 38.1 Å². The molecule has 1 atom stereocenters. The summed E-state index contributed by atoms with van der Waals surface area (Å²) in [5, 5.41) is 2.58. The summed E-state index contributed by atoms with van der Waals surface area (Å²) in [7, 11) is -1.95. The van der Waals surface area contributed by atoms with Crippen molar-refractivity contribution in [2.75, 3.05) is 31.6 Å². The first-order valence-corrected chi connectivity index (χ1v) is 13.9. The Labute approximate surface area is 218 Å². The number of carbonyl (C=O) groups excluding carboxylic acids is 2. The van der Waals surface area contributed by atoms with Gasteiger partial charge < -0.3 is 14.8 Å². The van der Waals surface area contributed by atoms with Crippen molar-refractivity contribution in [3.05, 3.63) is 63.4 Å². The van der Waals surface area contributed by atoms with Gasteiger partial charge in [0.25, 0.3) is 21.5 Å². The van der Waals surface area contributed by atoms with E-state index in [9.17, 15) is 22.8 Å². The highest BCUT2D eigenvalue weighted by Gasteiger charge is 2.28. The van der Waals surface area contributed by atoms with Crippen LogP contribution in [0.15, 0.2) is 51.5 Å². The van der Waals surface area contributed by atoms with Crippen LogP contribution in [-0.4, -0.2) is 66.4 Å². The second-order valence-corrected chi connectivity index (χ2v) is 11.8. The summed E-state index contributed by atoms with van der Waals surface area (Å²) in [6.45, 7) is 4.35. The Morgan fingerprint density at radius 2 is 1.81 bits per heavy atom. The number of thiophene rings is 1. The maximum Gasteiger partial charge on any atom is 0.311 e. The predicted octanol–water partition coefficient (Wildman–Crippen LogP) is 1.68. The van der Waals surface area contributed by atoms with Gasteiger partial charge in [0, 0.05) is 25.0 Å². The van der Waals surface area contributed by atoms with Crippen molar-refractivity contribution in [2.45, 2.75) is 30.6 Å². The summed E-state index contributed by atoms with van der Waals surface area (Å²) in [5.74, 6) is -1.34. The molecule has 1 aliphatic heterocycles. The fourth-order valence-corrected chi connectivity index (χ4v) is 6.78. The summed E-state index contributed by atoms with van der Waals surface area (Å²) in [4.78, 5) is 38.7. The zero-order chi connectivity index (χ0) is 26.7. The van der Waals surface area contributed by atoms with Crippen molar-refractivity contribution in [3.8, 4) is 5.69 Å². The summed E-state index contributed by atoms with van der Waals surface area (Å²) in [6, 6.07) is 12.0. The molecule has 37 heavy (non-hydrogen) atoms. The van der Waals surface area contributed by atoms with Crippen LogP contribution in [0.3, 0.4) is 0 Å². The number of morpholine rings is 1. The average Bonchev–Trinajstić information content (AvgIpc) is 3.44. The Hall–Kier alpha value is -3.26. The second kappa shape index (κ2) is 11.0. The van der Waals surface area contributed by atoms with Gasteiger partial charge in [-0.25, -0.2) is 13.1 Å². The normalized spacial score (nSPS) is 15.3. The highest BCUT2D eigenvalue weighted by molar-refractivity contribution is 7.91. The molecule has 1 amide bonds. The van der Waals surface area contributed by atoms with Crippen LogP contribution in [0, 0.1) is 6.92 Å². The molecule has 2 aromatic heterocycles. The predicted molar refractivity (Wildman–Crippen MR) is 138 cm³/mol. The van der Waals surface area contributed by atoms with Crippen LogP contribution < -0.4 is 10.9 Å². The molecular weight excluding hydrogens is 520 g/mol. The fourth-order valence-electron chi connectivity index (χ4n) is 3.88. The Kier molecular flexibility index (Phi) is 7.97. The first-order chi connectivity index (χ1) is 17.6. The van der Waals surface area contributed by atoms with E-state index in [2.05, 4.69) is 5.32 Å². The van der Waals surface area contributed by atoms with E-state index < -0.39 is 33.6 Å². The number of para-hydroxylation sites is 1. The molecule has 1 aliphatic rings. The lowest BCUT2D eigenvalue weighted by Crippen LogP contribution is -2.40. The molecule has 1 aromatic carbocycles. The third-order valence-corrected chi connectivity index (χ3v) is 9.45. The lowest BCUT2D eigenvalue weighted by Gasteiger charge is -2.25. The number of hydrogen-bond donors (Lipinski definition) is 1. The van der Waals surface area contributed by atoms with Gasteiger partial charge in [0.05, 0.1) is 31.0 Å². The van der Waals surface area contributed by atoms with E-state index in [-0.39, 0.29) is 29.4 Å². The maximum atomic E-state index is 13.0. The molecule has 1 unspecified atom stereocenters. The van der Waals surface area contributed by atoms with Crippen LogP contribution in [0.1, 0.15) is 17.5 Å². The topological polar surface area (TPSA) is 129 Å². The largest absolute Gasteiger partial charge is 0.452 e. The van der Waals surface area contributed by atoms with Gasteiger partial charge in [0.15, 0.2) is 6.10 Å². The highest BCUT2D eigenvalue weighted by Crippen LogP contribution is 2.26. The van der Waals surface area contributed by atoms with Gasteiger partial charge in [0.1, 0.15) is 9.90 Å². The first kappa shape index (κ1) is 26.8. The molecular formula is C24H28N4O7S2. The van der Waals surface area contributed by atoms with Crippen molar-refractivity contribution >= 4 is 38.9 Å². The van der Waals surface area contributed by atoms with Gasteiger partial charge in [-0.1, -0.05) is 18.2 Å². The van der Waals surface area contributed by atoms with Gasteiger partial charge in [-0.2, -0.15) is 4.31 Å². The highest BCUT2D eigenvalue weighted by atomic mass is 32.2. The van der Waals surface area contributed by atoms with Crippen LogP contribution in [0.25, 0.3) is 5.69 Å². The number of amides is 1. The Bertz CT molecular complexity index is 1450. The van der Waals surface area contributed by atoms with Gasteiger partial charge in [-0.15, -0.1) is 11.3 Å². The molecule has 198 valence electrons. The van der Waals surface area contributed by atoms with Crippen LogP contribution in [0.5, 0.6) is 0 Å². The third-order valence-electron chi connectivity index (χ3n) is 6.00. The molecule has 3 heterocycles. The van der Waals surface area contributed by atoms with E-state index in [0.29, 0.717) is 29.5 Å². The Morgan fingerprint density at radius 3 is 2.49 bits per heavy atom. The van der Waals surface area contributed by atoms with E-state index in [0.717, 1.165) is 11.3 Å². The molecule has 0 radical (unpaired) electrons. The monoisotopic (exact) mass is 548 g/mol.